The highest BCUT2D eigenvalue weighted by molar-refractivity contribution is 5.95. The topological polar surface area (TPSA) is 68.9 Å². The molecule has 0 spiro atoms. The van der Waals surface area contributed by atoms with Gasteiger partial charge in [0.25, 0.3) is 0 Å². The molecule has 32 heavy (non-hydrogen) atoms. The minimum Gasteiger partial charge on any atom is -0.494 e. The number of nitrogens with one attached hydrogen (secondary N) is 3. The van der Waals surface area contributed by atoms with Gasteiger partial charge in [-0.2, -0.15) is 0 Å². The molecule has 8 heteroatoms. The van der Waals surface area contributed by atoms with Gasteiger partial charge in [-0.25, -0.2) is 20.3 Å². The fourth-order valence-corrected chi connectivity index (χ4v) is 5.13. The van der Waals surface area contributed by atoms with Crippen LogP contribution >= 0.6 is 0 Å². The fourth-order valence-electron chi connectivity index (χ4n) is 5.13. The zero-order valence-corrected chi connectivity index (χ0v) is 18.5. The summed E-state index contributed by atoms with van der Waals surface area (Å²) in [4.78, 5) is 15.2. The number of likely N-dealkylation sites (tertiary alicyclic amines) is 1. The Bertz CT molecular complexity index is 977. The molecule has 3 aliphatic heterocycles. The summed E-state index contributed by atoms with van der Waals surface area (Å²) < 4.78 is 20.0. The van der Waals surface area contributed by atoms with Crippen LogP contribution in [0.3, 0.4) is 0 Å². The van der Waals surface area contributed by atoms with Crippen LogP contribution < -0.4 is 26.0 Å². The van der Waals surface area contributed by atoms with E-state index >= 15 is 0 Å². The Morgan fingerprint density at radius 3 is 2.47 bits per heavy atom. The maximum Gasteiger partial charge on any atom is 0.243 e. The molecule has 3 heterocycles. The fraction of sp³-hybridized carbons (Fsp3) is 0.458. The molecule has 0 bridgehead atoms. The van der Waals surface area contributed by atoms with E-state index in [1.807, 2.05) is 0 Å². The highest BCUT2D eigenvalue weighted by atomic mass is 19.1. The van der Waals surface area contributed by atoms with Gasteiger partial charge >= 0.3 is 0 Å². The van der Waals surface area contributed by atoms with Crippen LogP contribution in [0.15, 0.2) is 42.5 Å². The van der Waals surface area contributed by atoms with Gasteiger partial charge in [-0.15, -0.1) is 0 Å². The smallest absolute Gasteiger partial charge is 0.243 e. The number of nitrogens with zero attached hydrogens (tertiary/aromatic N) is 2. The molecule has 2 aromatic carbocycles. The van der Waals surface area contributed by atoms with E-state index in [9.17, 15) is 9.18 Å². The van der Waals surface area contributed by atoms with Crippen molar-refractivity contribution in [3.63, 3.8) is 0 Å². The Hall–Kier alpha value is -2.52. The molecule has 3 saturated heterocycles. The number of amides is 1. The Kier molecular flexibility index (Phi) is 5.86. The number of para-hydroxylation sites is 1. The van der Waals surface area contributed by atoms with Crippen molar-refractivity contribution in [3.05, 3.63) is 59.4 Å². The van der Waals surface area contributed by atoms with Crippen LogP contribution in [0.2, 0.25) is 0 Å². The zero-order chi connectivity index (χ0) is 22.2. The SMILES string of the molecule is COc1cccc(F)c1N1NC2C(CC1=O)NNC2c1ccc(C2CCN(C)CC2)cc1. The van der Waals surface area contributed by atoms with Gasteiger partial charge < -0.3 is 9.64 Å². The van der Waals surface area contributed by atoms with Crippen LogP contribution in [0.1, 0.15) is 42.3 Å². The largest absolute Gasteiger partial charge is 0.494 e. The van der Waals surface area contributed by atoms with Crippen LogP contribution in [-0.2, 0) is 4.79 Å². The summed E-state index contributed by atoms with van der Waals surface area (Å²) in [7, 11) is 3.65. The van der Waals surface area contributed by atoms with Gasteiger partial charge in [-0.05, 0) is 62.2 Å². The van der Waals surface area contributed by atoms with Crippen LogP contribution in [0.5, 0.6) is 5.75 Å². The third-order valence-corrected chi connectivity index (χ3v) is 7.02. The van der Waals surface area contributed by atoms with Crippen molar-refractivity contribution >= 4 is 11.6 Å². The quantitative estimate of drug-likeness (QED) is 0.680. The monoisotopic (exact) mass is 439 g/mol. The number of carbonyl (C=O) groups excluding carboxylic acids is 1. The number of fused-ring (bicyclic) bond motifs is 1. The molecule has 0 saturated carbocycles. The summed E-state index contributed by atoms with van der Waals surface area (Å²) in [5.74, 6) is 0.225. The van der Waals surface area contributed by atoms with Crippen molar-refractivity contribution in [1.29, 1.82) is 0 Å². The highest BCUT2D eigenvalue weighted by Crippen LogP contribution is 2.36. The number of hydrogen-bond acceptors (Lipinski definition) is 6. The molecular formula is C24H30FN5O2. The first-order valence-electron chi connectivity index (χ1n) is 11.3. The average Bonchev–Trinajstić information content (AvgIpc) is 3.21. The predicted molar refractivity (Wildman–Crippen MR) is 121 cm³/mol. The van der Waals surface area contributed by atoms with Crippen molar-refractivity contribution in [1.82, 2.24) is 21.2 Å². The van der Waals surface area contributed by atoms with Gasteiger partial charge in [0.05, 0.1) is 19.2 Å². The lowest BCUT2D eigenvalue weighted by atomic mass is 9.87. The predicted octanol–water partition coefficient (Wildman–Crippen LogP) is 2.47. The maximum atomic E-state index is 14.7. The third kappa shape index (κ3) is 3.88. The molecule has 3 N–H and O–H groups in total. The highest BCUT2D eigenvalue weighted by Gasteiger charge is 2.44. The average molecular weight is 440 g/mol. The second-order valence-corrected chi connectivity index (χ2v) is 9.00. The zero-order valence-electron chi connectivity index (χ0n) is 18.5. The molecule has 7 nitrogen and oxygen atoms in total. The van der Waals surface area contributed by atoms with E-state index in [1.54, 1.807) is 12.1 Å². The lowest BCUT2D eigenvalue weighted by Gasteiger charge is -2.37. The second kappa shape index (κ2) is 8.78. The van der Waals surface area contributed by atoms with E-state index in [-0.39, 0.29) is 36.1 Å². The van der Waals surface area contributed by atoms with Crippen molar-refractivity contribution in [2.75, 3.05) is 32.3 Å². The second-order valence-electron chi connectivity index (χ2n) is 9.00. The van der Waals surface area contributed by atoms with E-state index in [4.69, 9.17) is 4.74 Å². The van der Waals surface area contributed by atoms with Crippen LogP contribution in [0.25, 0.3) is 0 Å². The third-order valence-electron chi connectivity index (χ3n) is 7.02. The van der Waals surface area contributed by atoms with E-state index in [2.05, 4.69) is 52.5 Å². The van der Waals surface area contributed by atoms with Gasteiger partial charge in [0.15, 0.2) is 5.82 Å². The van der Waals surface area contributed by atoms with Gasteiger partial charge in [0, 0.05) is 12.5 Å². The number of rotatable bonds is 4. The molecule has 2 aromatic rings. The van der Waals surface area contributed by atoms with E-state index in [1.165, 1.54) is 36.6 Å². The lowest BCUT2D eigenvalue weighted by Crippen LogP contribution is -2.60. The van der Waals surface area contributed by atoms with E-state index < -0.39 is 5.82 Å². The maximum absolute atomic E-state index is 14.7. The molecule has 5 rings (SSSR count). The standard InChI is InChI=1S/C24H30FN5O2/c1-29-12-10-16(11-13-29)15-6-8-17(9-7-15)22-23-19(26-27-22)14-21(31)30(28-23)24-18(25)4-3-5-20(24)32-2/h3-9,16,19,22-23,26-28H,10-14H2,1-2H3. The van der Waals surface area contributed by atoms with Gasteiger partial charge in [0.1, 0.15) is 11.4 Å². The summed E-state index contributed by atoms with van der Waals surface area (Å²) in [6.45, 7) is 2.27. The lowest BCUT2D eigenvalue weighted by molar-refractivity contribution is -0.121. The van der Waals surface area contributed by atoms with Crippen molar-refractivity contribution in [2.45, 2.75) is 43.3 Å². The van der Waals surface area contributed by atoms with E-state index in [0.717, 1.165) is 18.7 Å². The Labute approximate surface area is 187 Å². The molecule has 0 radical (unpaired) electrons. The number of halogens is 1. The summed E-state index contributed by atoms with van der Waals surface area (Å²) >= 11 is 0. The summed E-state index contributed by atoms with van der Waals surface area (Å²) in [6, 6.07) is 13.1. The first kappa shape index (κ1) is 21.3. The van der Waals surface area contributed by atoms with Gasteiger partial charge in [0.2, 0.25) is 5.91 Å². The summed E-state index contributed by atoms with van der Waals surface area (Å²) in [5, 5.41) is 1.31. The molecule has 0 aromatic heterocycles. The van der Waals surface area contributed by atoms with Crippen LogP contribution in [0.4, 0.5) is 10.1 Å². The van der Waals surface area contributed by atoms with Gasteiger partial charge in [-0.3, -0.25) is 10.2 Å². The normalized spacial score (nSPS) is 26.9. The number of hydrogen-bond donors (Lipinski definition) is 3. The van der Waals surface area contributed by atoms with Gasteiger partial charge in [-0.1, -0.05) is 30.3 Å². The number of carbonyl (C=O) groups is 1. The number of methoxy groups -OCH3 is 1. The number of benzene rings is 2. The molecule has 3 fully saturated rings. The number of piperidine rings is 1. The first-order chi connectivity index (χ1) is 15.5. The van der Waals surface area contributed by atoms with Crippen molar-refractivity contribution in [3.8, 4) is 5.75 Å². The first-order valence-corrected chi connectivity index (χ1v) is 11.3. The van der Waals surface area contributed by atoms with E-state index in [0.29, 0.717) is 11.7 Å². The number of ether oxygens (including phenoxy) is 1. The Morgan fingerprint density at radius 2 is 1.75 bits per heavy atom. The van der Waals surface area contributed by atoms with Crippen LogP contribution in [0, 0.1) is 5.82 Å². The molecule has 1 amide bonds. The molecule has 3 atom stereocenters. The molecule has 0 aliphatic carbocycles. The molecule has 3 aliphatic rings. The molecule has 170 valence electrons. The number of anilines is 1. The van der Waals surface area contributed by atoms with Crippen molar-refractivity contribution < 1.29 is 13.9 Å². The summed E-state index contributed by atoms with van der Waals surface area (Å²) in [5.41, 5.74) is 12.5. The molecule has 3 unspecified atom stereocenters. The minimum atomic E-state index is -0.499. The van der Waals surface area contributed by atoms with Crippen LogP contribution in [-0.4, -0.2) is 50.1 Å². The number of hydrazine groups is 2. The Morgan fingerprint density at radius 1 is 1.03 bits per heavy atom. The van der Waals surface area contributed by atoms with Crippen molar-refractivity contribution in [2.24, 2.45) is 0 Å². The Balaban J connectivity index is 1.36. The molecular weight excluding hydrogens is 409 g/mol. The summed E-state index contributed by atoms with van der Waals surface area (Å²) in [6.07, 6.45) is 2.63. The minimum absolute atomic E-state index is 0.0556.